The number of Topliss-reactive ketones (excluding diaryl/α,β-unsaturated/α-hetero) is 1. The third kappa shape index (κ3) is 3.94. The Kier molecular flexibility index (Phi) is 5.66. The van der Waals surface area contributed by atoms with Crippen molar-refractivity contribution < 1.29 is 4.79 Å². The molecule has 0 saturated heterocycles. The summed E-state index contributed by atoms with van der Waals surface area (Å²) < 4.78 is 0.867. The largest absolute Gasteiger partial charge is 0.364 e. The van der Waals surface area contributed by atoms with Crippen LogP contribution in [-0.4, -0.2) is 5.78 Å². The van der Waals surface area contributed by atoms with Crippen molar-refractivity contribution in [3.05, 3.63) is 128 Å². The lowest BCUT2D eigenvalue weighted by molar-refractivity contribution is 0.0943. The van der Waals surface area contributed by atoms with E-state index in [9.17, 15) is 4.79 Å². The van der Waals surface area contributed by atoms with Crippen LogP contribution in [0.2, 0.25) is 0 Å². The number of carbonyl (C=O) groups is 1. The van der Waals surface area contributed by atoms with Gasteiger partial charge < -0.3 is 5.32 Å². The molecule has 6 rings (SSSR count). The predicted octanol–water partition coefficient (Wildman–Crippen LogP) is 6.09. The number of hydrogen-bond donors (Lipinski definition) is 1. The summed E-state index contributed by atoms with van der Waals surface area (Å²) in [6, 6.07) is 19.2. The van der Waals surface area contributed by atoms with Crippen LogP contribution in [0.25, 0.3) is 23.3 Å². The highest BCUT2D eigenvalue weighted by atomic mass is 79.9. The monoisotopic (exact) mass is 519 g/mol. The van der Waals surface area contributed by atoms with Crippen LogP contribution in [0.1, 0.15) is 39.4 Å². The summed E-state index contributed by atoms with van der Waals surface area (Å²) in [5, 5.41) is 5.94. The van der Waals surface area contributed by atoms with Crippen molar-refractivity contribution in [2.75, 3.05) is 0 Å². The Bertz CT molecular complexity index is 1570. The van der Waals surface area contributed by atoms with Crippen LogP contribution in [0.3, 0.4) is 0 Å². The van der Waals surface area contributed by atoms with E-state index < -0.39 is 0 Å². The van der Waals surface area contributed by atoms with E-state index in [4.69, 9.17) is 0 Å². The molecule has 0 fully saturated rings. The number of benzene rings is 3. The molecule has 0 bridgehead atoms. The Hall–Kier alpha value is -3.43. The van der Waals surface area contributed by atoms with Crippen LogP contribution >= 0.6 is 15.9 Å². The molecule has 2 unspecified atom stereocenters. The quantitative estimate of drug-likeness (QED) is 0.424. The minimum Gasteiger partial charge on any atom is -0.364 e. The highest BCUT2D eigenvalue weighted by Gasteiger charge is 2.31. The lowest BCUT2D eigenvalue weighted by Gasteiger charge is -2.30. The molecule has 0 saturated carbocycles. The fourth-order valence-electron chi connectivity index (χ4n) is 5.61. The zero-order valence-electron chi connectivity index (χ0n) is 19.6. The Morgan fingerprint density at radius 3 is 2.74 bits per heavy atom. The number of hydrogen-bond acceptors (Lipinski definition) is 2. The highest BCUT2D eigenvalue weighted by Crippen LogP contribution is 2.36. The summed E-state index contributed by atoms with van der Waals surface area (Å²) in [7, 11) is 0. The second-order valence-corrected chi connectivity index (χ2v) is 10.4. The average Bonchev–Trinajstić information content (AvgIpc) is 3.17. The topological polar surface area (TPSA) is 29.1 Å². The normalized spacial score (nSPS) is 19.7. The van der Waals surface area contributed by atoms with Crippen molar-refractivity contribution >= 4 is 33.9 Å². The zero-order valence-corrected chi connectivity index (χ0v) is 21.2. The standard InChI is InChI=1S/C32H26BrNO/c1-20-10-12-27(30(33)17-20)32(35)22-18-28-25-13-11-21-7-4-5-8-23(21)24(25)14-15-26(28)29(19-22)31-9-3-2-6-16-34-31/h2-10,12-18,22,29,34H,11,19H2,1H3. The van der Waals surface area contributed by atoms with Gasteiger partial charge in [-0.3, -0.25) is 4.79 Å². The summed E-state index contributed by atoms with van der Waals surface area (Å²) in [5.74, 6) is 0.0700. The maximum Gasteiger partial charge on any atom is 0.170 e. The molecule has 172 valence electrons. The van der Waals surface area contributed by atoms with Crippen LogP contribution in [0.4, 0.5) is 0 Å². The first-order chi connectivity index (χ1) is 17.1. The third-order valence-electron chi connectivity index (χ3n) is 7.33. The van der Waals surface area contributed by atoms with E-state index in [1.807, 2.05) is 43.5 Å². The van der Waals surface area contributed by atoms with Gasteiger partial charge in [0.15, 0.2) is 5.78 Å². The lowest BCUT2D eigenvalue weighted by Crippen LogP contribution is -2.40. The first-order valence-corrected chi connectivity index (χ1v) is 12.9. The fraction of sp³-hybridized carbons (Fsp3) is 0.156. The van der Waals surface area contributed by atoms with E-state index in [0.717, 1.165) is 34.1 Å². The first kappa shape index (κ1) is 22.1. The van der Waals surface area contributed by atoms with Gasteiger partial charge in [-0.1, -0.05) is 82.7 Å². The van der Waals surface area contributed by atoms with Gasteiger partial charge in [0.05, 0.1) is 0 Å². The summed E-state index contributed by atoms with van der Waals surface area (Å²) in [5.41, 5.74) is 8.21. The van der Waals surface area contributed by atoms with Crippen molar-refractivity contribution in [3.63, 3.8) is 0 Å². The number of carbonyl (C=O) groups excluding carboxylic acids is 1. The lowest BCUT2D eigenvalue weighted by atomic mass is 9.75. The van der Waals surface area contributed by atoms with E-state index >= 15 is 0 Å². The molecular formula is C32H26BrNO. The second kappa shape index (κ2) is 8.98. The van der Waals surface area contributed by atoms with Crippen LogP contribution in [-0.2, 0) is 6.42 Å². The molecule has 3 heteroatoms. The van der Waals surface area contributed by atoms with Gasteiger partial charge in [-0.05, 0) is 82.3 Å². The molecule has 3 aromatic rings. The van der Waals surface area contributed by atoms with Crippen molar-refractivity contribution in [3.8, 4) is 11.1 Å². The summed E-state index contributed by atoms with van der Waals surface area (Å²) in [6.07, 6.45) is 16.4. The van der Waals surface area contributed by atoms with Gasteiger partial charge in [-0.15, -0.1) is 0 Å². The maximum atomic E-state index is 13.9. The second-order valence-electron chi connectivity index (χ2n) is 9.51. The molecule has 0 spiro atoms. The molecule has 35 heavy (non-hydrogen) atoms. The molecule has 2 nitrogen and oxygen atoms in total. The molecule has 1 heterocycles. The van der Waals surface area contributed by atoms with Gasteiger partial charge in [0.25, 0.3) is 0 Å². The number of fused-ring (bicyclic) bond motifs is 5. The SMILES string of the molecule is Cc1ccc(C(=O)C2C=c3c(ccc4c3=CCc3ccccc3-4)C(C3=CC=CC=CN3)C2)c(Br)c1. The van der Waals surface area contributed by atoms with Crippen molar-refractivity contribution in [1.82, 2.24) is 5.32 Å². The van der Waals surface area contributed by atoms with E-state index in [-0.39, 0.29) is 17.6 Å². The van der Waals surface area contributed by atoms with Gasteiger partial charge >= 0.3 is 0 Å². The van der Waals surface area contributed by atoms with Gasteiger partial charge in [0, 0.05) is 33.8 Å². The Labute approximate surface area is 214 Å². The molecule has 3 aromatic carbocycles. The van der Waals surface area contributed by atoms with E-state index in [1.165, 1.54) is 32.7 Å². The van der Waals surface area contributed by atoms with Crippen LogP contribution < -0.4 is 15.8 Å². The third-order valence-corrected chi connectivity index (χ3v) is 7.99. The zero-order chi connectivity index (χ0) is 23.9. The van der Waals surface area contributed by atoms with E-state index in [1.54, 1.807) is 0 Å². The van der Waals surface area contributed by atoms with E-state index in [2.05, 4.69) is 81.9 Å². The molecule has 3 aliphatic rings. The maximum absolute atomic E-state index is 13.9. The molecule has 0 amide bonds. The Morgan fingerprint density at radius 1 is 0.971 bits per heavy atom. The van der Waals surface area contributed by atoms with E-state index in [0.29, 0.717) is 0 Å². The van der Waals surface area contributed by atoms with Crippen LogP contribution in [0.5, 0.6) is 0 Å². The fourth-order valence-corrected chi connectivity index (χ4v) is 6.29. The minimum absolute atomic E-state index is 0.108. The van der Waals surface area contributed by atoms with Gasteiger partial charge in [-0.2, -0.15) is 0 Å². The number of ketones is 1. The van der Waals surface area contributed by atoms with Crippen LogP contribution in [0.15, 0.2) is 95.3 Å². The predicted molar refractivity (Wildman–Crippen MR) is 147 cm³/mol. The first-order valence-electron chi connectivity index (χ1n) is 12.1. The van der Waals surface area contributed by atoms with Crippen LogP contribution in [0, 0.1) is 12.8 Å². The molecule has 2 aliphatic carbocycles. The van der Waals surface area contributed by atoms with Crippen molar-refractivity contribution in [2.24, 2.45) is 5.92 Å². The Morgan fingerprint density at radius 2 is 1.86 bits per heavy atom. The summed E-state index contributed by atoms with van der Waals surface area (Å²) in [4.78, 5) is 13.9. The summed E-state index contributed by atoms with van der Waals surface area (Å²) >= 11 is 3.64. The molecular weight excluding hydrogens is 494 g/mol. The summed E-state index contributed by atoms with van der Waals surface area (Å²) in [6.45, 7) is 2.04. The number of rotatable bonds is 3. The smallest absolute Gasteiger partial charge is 0.170 e. The van der Waals surface area contributed by atoms with Gasteiger partial charge in [0.2, 0.25) is 0 Å². The molecule has 2 atom stereocenters. The number of halogens is 1. The number of nitrogens with one attached hydrogen (secondary N) is 1. The Balaban J connectivity index is 1.55. The molecule has 0 aromatic heterocycles. The molecule has 0 radical (unpaired) electrons. The number of allylic oxidation sites excluding steroid dienone is 5. The van der Waals surface area contributed by atoms with Gasteiger partial charge in [0.1, 0.15) is 0 Å². The number of aryl methyl sites for hydroxylation is 1. The molecule has 1 N–H and O–H groups in total. The van der Waals surface area contributed by atoms with Gasteiger partial charge in [-0.25, -0.2) is 0 Å². The van der Waals surface area contributed by atoms with Crippen molar-refractivity contribution in [2.45, 2.75) is 25.7 Å². The average molecular weight is 520 g/mol. The van der Waals surface area contributed by atoms with Crippen molar-refractivity contribution in [1.29, 1.82) is 0 Å². The molecule has 1 aliphatic heterocycles. The highest BCUT2D eigenvalue weighted by molar-refractivity contribution is 9.10. The minimum atomic E-state index is -0.206.